The van der Waals surface area contributed by atoms with E-state index in [4.69, 9.17) is 4.74 Å². The fourth-order valence-corrected chi connectivity index (χ4v) is 4.54. The Balaban J connectivity index is 1.38. The van der Waals surface area contributed by atoms with Gasteiger partial charge in [-0.3, -0.25) is 9.59 Å². The predicted molar refractivity (Wildman–Crippen MR) is 112 cm³/mol. The number of anilines is 1. The predicted octanol–water partition coefficient (Wildman–Crippen LogP) is 3.03. The van der Waals surface area contributed by atoms with Gasteiger partial charge in [-0.05, 0) is 44.2 Å². The molecule has 2 aromatic rings. The second-order valence-electron chi connectivity index (χ2n) is 8.62. The van der Waals surface area contributed by atoms with Gasteiger partial charge in [0.15, 0.2) is 17.3 Å². The van der Waals surface area contributed by atoms with Crippen LogP contribution in [-0.2, 0) is 4.79 Å². The number of alkyl halides is 3. The van der Waals surface area contributed by atoms with Crippen molar-refractivity contribution in [3.8, 4) is 5.75 Å². The molecule has 12 heteroatoms. The molecule has 2 fully saturated rings. The maximum absolute atomic E-state index is 13.1. The fraction of sp³-hybridized carbons (Fsp3) is 0.545. The Morgan fingerprint density at radius 1 is 1.24 bits per heavy atom. The number of amides is 2. The topological polar surface area (TPSA) is 118 Å². The molecule has 2 N–H and O–H groups in total. The number of nitrogens with one attached hydrogen (secondary N) is 1. The van der Waals surface area contributed by atoms with E-state index in [1.165, 1.54) is 23.4 Å². The zero-order valence-electron chi connectivity index (χ0n) is 18.2. The lowest BCUT2D eigenvalue weighted by Crippen LogP contribution is -2.44. The molecule has 1 saturated carbocycles. The quantitative estimate of drug-likeness (QED) is 0.650. The van der Waals surface area contributed by atoms with E-state index in [2.05, 4.69) is 20.0 Å². The maximum atomic E-state index is 13.1. The first-order valence-electron chi connectivity index (χ1n) is 11.1. The lowest BCUT2D eigenvalue weighted by atomic mass is 9.81. The highest BCUT2D eigenvalue weighted by molar-refractivity contribution is 6.04. The maximum Gasteiger partial charge on any atom is 0.391 e. The number of aliphatic hydroxyl groups excluding tert-OH is 1. The summed E-state index contributed by atoms with van der Waals surface area (Å²) >= 11 is 0. The van der Waals surface area contributed by atoms with E-state index < -0.39 is 36.1 Å². The third kappa shape index (κ3) is 5.49. The minimum atomic E-state index is -4.24. The van der Waals surface area contributed by atoms with Gasteiger partial charge in [0, 0.05) is 24.7 Å². The summed E-state index contributed by atoms with van der Waals surface area (Å²) in [6, 6.07) is 4.14. The molecule has 0 aromatic carbocycles. The summed E-state index contributed by atoms with van der Waals surface area (Å²) in [6.07, 6.45) is -1.81. The number of nitrogens with zero attached hydrogens (tertiary/aromatic N) is 3. The number of rotatable bonds is 6. The summed E-state index contributed by atoms with van der Waals surface area (Å²) in [6.45, 7) is 0.0925. The number of carbonyl (C=O) groups excluding carboxylic acids is 2. The number of carbonyl (C=O) groups is 2. The van der Waals surface area contributed by atoms with Gasteiger partial charge in [-0.2, -0.15) is 13.2 Å². The lowest BCUT2D eigenvalue weighted by molar-refractivity contribution is -0.185. The first-order chi connectivity index (χ1) is 16.2. The zero-order chi connectivity index (χ0) is 24.3. The molecule has 9 nitrogen and oxygen atoms in total. The first kappa shape index (κ1) is 24.0. The normalized spacial score (nSPS) is 25.2. The highest BCUT2D eigenvalue weighted by Crippen LogP contribution is 2.40. The number of aromatic nitrogens is 2. The van der Waals surface area contributed by atoms with Crippen molar-refractivity contribution < 1.29 is 37.1 Å². The number of likely N-dealkylation sites (tertiary alicyclic amines) is 1. The van der Waals surface area contributed by atoms with Crippen LogP contribution in [0.25, 0.3) is 0 Å². The summed E-state index contributed by atoms with van der Waals surface area (Å²) in [7, 11) is 0. The molecule has 184 valence electrons. The van der Waals surface area contributed by atoms with E-state index in [9.17, 15) is 27.9 Å². The number of β-amino-alcohol motifs (C(OH)–C–C–N with tert-alkyl or cyclic N) is 1. The van der Waals surface area contributed by atoms with Crippen LogP contribution < -0.4 is 10.1 Å². The molecule has 3 heterocycles. The molecule has 0 bridgehead atoms. The van der Waals surface area contributed by atoms with E-state index in [0.29, 0.717) is 0 Å². The van der Waals surface area contributed by atoms with Gasteiger partial charge in [0.05, 0.1) is 18.1 Å². The smallest absolute Gasteiger partial charge is 0.391 e. The first-order valence-corrected chi connectivity index (χ1v) is 11.1. The molecule has 1 aliphatic carbocycles. The van der Waals surface area contributed by atoms with Crippen molar-refractivity contribution in [3.05, 3.63) is 36.4 Å². The Hall–Kier alpha value is -3.15. The Kier molecular flexibility index (Phi) is 7.05. The zero-order valence-corrected chi connectivity index (χ0v) is 18.2. The third-order valence-corrected chi connectivity index (χ3v) is 6.31. The average molecular weight is 482 g/mol. The Labute approximate surface area is 193 Å². The van der Waals surface area contributed by atoms with E-state index in [1.807, 2.05) is 0 Å². The summed E-state index contributed by atoms with van der Waals surface area (Å²) in [4.78, 5) is 31.2. The average Bonchev–Trinajstić information content (AvgIpc) is 3.46. The van der Waals surface area contributed by atoms with Crippen molar-refractivity contribution in [1.29, 1.82) is 0 Å². The number of hydrogen-bond donors (Lipinski definition) is 2. The number of ether oxygens (including phenoxy) is 1. The largest absolute Gasteiger partial charge is 0.489 e. The number of aliphatic hydroxyl groups is 1. The van der Waals surface area contributed by atoms with Gasteiger partial charge in [-0.15, -0.1) is 0 Å². The van der Waals surface area contributed by atoms with E-state index in [1.54, 1.807) is 12.1 Å². The van der Waals surface area contributed by atoms with Gasteiger partial charge in [0.1, 0.15) is 12.9 Å². The van der Waals surface area contributed by atoms with E-state index in [0.717, 1.165) is 0 Å². The van der Waals surface area contributed by atoms with Gasteiger partial charge < -0.3 is 24.6 Å². The minimum Gasteiger partial charge on any atom is -0.489 e. The van der Waals surface area contributed by atoms with Gasteiger partial charge in [0.25, 0.3) is 5.91 Å². The second kappa shape index (κ2) is 10.00. The number of hydrogen-bond acceptors (Lipinski definition) is 7. The van der Waals surface area contributed by atoms with Crippen LogP contribution in [-0.4, -0.2) is 63.4 Å². The summed E-state index contributed by atoms with van der Waals surface area (Å²) in [5, 5.41) is 16.3. The van der Waals surface area contributed by atoms with Crippen molar-refractivity contribution >= 4 is 17.6 Å². The molecule has 2 amide bonds. The van der Waals surface area contributed by atoms with Crippen LogP contribution in [0.2, 0.25) is 0 Å². The van der Waals surface area contributed by atoms with Crippen molar-refractivity contribution in [2.75, 3.05) is 18.5 Å². The highest BCUT2D eigenvalue weighted by Gasteiger charge is 2.44. The number of pyridine rings is 1. The molecule has 4 rings (SSSR count). The Morgan fingerprint density at radius 2 is 2.00 bits per heavy atom. The van der Waals surface area contributed by atoms with Crippen LogP contribution in [0, 0.1) is 11.8 Å². The van der Waals surface area contributed by atoms with Crippen LogP contribution in [0.5, 0.6) is 5.75 Å². The SMILES string of the molecule is O=C(Nc1ccon1)c1ncccc1OC[C@H]1C[C@@H](O)CN1C(=O)[C@H]1CC[C@H](C(F)(F)F)CC1. The van der Waals surface area contributed by atoms with Gasteiger partial charge in [-0.1, -0.05) is 5.16 Å². The standard InChI is InChI=1S/C22H25F3N4O5/c23-22(24,25)14-5-3-13(4-6-14)21(32)29-11-16(30)10-15(29)12-33-17-2-1-8-26-19(17)20(31)27-18-7-9-34-28-18/h1-2,7-9,13-16,30H,3-6,10-12H2,(H,27,28,31)/t13-,14-,15-,16-/m1/s1. The van der Waals surface area contributed by atoms with Gasteiger partial charge >= 0.3 is 6.18 Å². The molecule has 0 spiro atoms. The molecule has 2 atom stereocenters. The van der Waals surface area contributed by atoms with Crippen molar-refractivity contribution in [3.63, 3.8) is 0 Å². The van der Waals surface area contributed by atoms with Gasteiger partial charge in [-0.25, -0.2) is 4.98 Å². The lowest BCUT2D eigenvalue weighted by Gasteiger charge is -2.33. The summed E-state index contributed by atoms with van der Waals surface area (Å²) < 4.78 is 49.4. The molecular weight excluding hydrogens is 457 g/mol. The highest BCUT2D eigenvalue weighted by atomic mass is 19.4. The van der Waals surface area contributed by atoms with Crippen molar-refractivity contribution in [2.24, 2.45) is 11.8 Å². The van der Waals surface area contributed by atoms with Crippen molar-refractivity contribution in [2.45, 2.75) is 50.4 Å². The van der Waals surface area contributed by atoms with Crippen LogP contribution in [0.1, 0.15) is 42.6 Å². The third-order valence-electron chi connectivity index (χ3n) is 6.31. The number of halogens is 3. The molecular formula is C22H25F3N4O5. The summed E-state index contributed by atoms with van der Waals surface area (Å²) in [5.41, 5.74) is 0.00685. The fourth-order valence-electron chi connectivity index (χ4n) is 4.54. The van der Waals surface area contributed by atoms with Crippen LogP contribution in [0.3, 0.4) is 0 Å². The molecule has 2 aliphatic rings. The van der Waals surface area contributed by atoms with E-state index in [-0.39, 0.29) is 68.4 Å². The summed E-state index contributed by atoms with van der Waals surface area (Å²) in [5.74, 6) is -2.31. The monoisotopic (exact) mass is 482 g/mol. The van der Waals surface area contributed by atoms with Gasteiger partial charge in [0.2, 0.25) is 5.91 Å². The molecule has 0 radical (unpaired) electrons. The Bertz CT molecular complexity index is 993. The van der Waals surface area contributed by atoms with Crippen LogP contribution in [0.4, 0.5) is 19.0 Å². The molecule has 2 aromatic heterocycles. The molecule has 0 unspecified atom stereocenters. The van der Waals surface area contributed by atoms with Crippen LogP contribution in [0.15, 0.2) is 35.2 Å². The molecule has 34 heavy (non-hydrogen) atoms. The Morgan fingerprint density at radius 3 is 2.68 bits per heavy atom. The van der Waals surface area contributed by atoms with E-state index >= 15 is 0 Å². The van der Waals surface area contributed by atoms with Crippen LogP contribution >= 0.6 is 0 Å². The molecule has 1 saturated heterocycles. The van der Waals surface area contributed by atoms with Crippen molar-refractivity contribution in [1.82, 2.24) is 15.0 Å². The second-order valence-corrected chi connectivity index (χ2v) is 8.62. The molecule has 1 aliphatic heterocycles. The minimum absolute atomic E-state index is 0.00334.